The van der Waals surface area contributed by atoms with Gasteiger partial charge >= 0.3 is 0 Å². The lowest BCUT2D eigenvalue weighted by molar-refractivity contribution is -0.120. The molecule has 1 unspecified atom stereocenters. The Morgan fingerprint density at radius 1 is 1.41 bits per heavy atom. The smallest absolute Gasteiger partial charge is 0.224 e. The first kappa shape index (κ1) is 14.3. The fourth-order valence-corrected chi connectivity index (χ4v) is 1.81. The number of nitrogens with one attached hydrogen (secondary N) is 1. The molecule has 0 bridgehead atoms. The molecule has 1 amide bonds. The fraction of sp³-hybridized carbons (Fsp3) is 0.417. The van der Waals surface area contributed by atoms with Crippen molar-refractivity contribution in [3.63, 3.8) is 0 Å². The molecule has 1 aromatic carbocycles. The molecular weight excluding hydrogens is 261 g/mol. The Balaban J connectivity index is 2.56. The third-order valence-electron chi connectivity index (χ3n) is 2.36. The number of amides is 1. The van der Waals surface area contributed by atoms with Gasteiger partial charge in [-0.2, -0.15) is 0 Å². The molecule has 0 radical (unpaired) electrons. The van der Waals surface area contributed by atoms with Crippen LogP contribution in [0.5, 0.6) is 0 Å². The first-order valence-electron chi connectivity index (χ1n) is 5.35. The van der Waals surface area contributed by atoms with Gasteiger partial charge < -0.3 is 10.4 Å². The number of hydrogen-bond acceptors (Lipinski definition) is 2. The minimum Gasteiger partial charge on any atom is -0.396 e. The summed E-state index contributed by atoms with van der Waals surface area (Å²) in [6.45, 7) is 2.34. The van der Waals surface area contributed by atoms with Gasteiger partial charge in [0.15, 0.2) is 0 Å². The molecular formula is C12H15Cl2NO2. The largest absolute Gasteiger partial charge is 0.396 e. The SMILES string of the molecule is CC(CO)CNC(=O)Cc1c(Cl)cccc1Cl. The zero-order valence-corrected chi connectivity index (χ0v) is 11.1. The Kier molecular flexibility index (Phi) is 5.75. The van der Waals surface area contributed by atoms with Crippen LogP contribution in [0.25, 0.3) is 0 Å². The second-order valence-electron chi connectivity index (χ2n) is 3.97. The van der Waals surface area contributed by atoms with Crippen LogP contribution in [-0.4, -0.2) is 24.2 Å². The van der Waals surface area contributed by atoms with Crippen molar-refractivity contribution in [1.29, 1.82) is 0 Å². The summed E-state index contributed by atoms with van der Waals surface area (Å²) >= 11 is 11.9. The maximum Gasteiger partial charge on any atom is 0.224 e. The van der Waals surface area contributed by atoms with E-state index in [0.717, 1.165) is 0 Å². The number of carbonyl (C=O) groups excluding carboxylic acids is 1. The van der Waals surface area contributed by atoms with E-state index >= 15 is 0 Å². The summed E-state index contributed by atoms with van der Waals surface area (Å²) in [6, 6.07) is 5.14. The van der Waals surface area contributed by atoms with Crippen LogP contribution in [0.1, 0.15) is 12.5 Å². The molecule has 0 saturated heterocycles. The lowest BCUT2D eigenvalue weighted by atomic mass is 10.1. The van der Waals surface area contributed by atoms with E-state index in [1.165, 1.54) is 0 Å². The molecule has 2 N–H and O–H groups in total. The molecule has 17 heavy (non-hydrogen) atoms. The second kappa shape index (κ2) is 6.84. The van der Waals surface area contributed by atoms with E-state index in [1.807, 2.05) is 6.92 Å². The number of aliphatic hydroxyl groups is 1. The highest BCUT2D eigenvalue weighted by atomic mass is 35.5. The number of rotatable bonds is 5. The van der Waals surface area contributed by atoms with Crippen molar-refractivity contribution in [1.82, 2.24) is 5.32 Å². The second-order valence-corrected chi connectivity index (χ2v) is 4.78. The summed E-state index contributed by atoms with van der Waals surface area (Å²) in [5.74, 6) is -0.110. The van der Waals surface area contributed by atoms with Gasteiger partial charge in [0, 0.05) is 23.2 Å². The predicted octanol–water partition coefficient (Wildman–Crippen LogP) is 2.28. The number of hydrogen-bond donors (Lipinski definition) is 2. The maximum atomic E-state index is 11.6. The van der Waals surface area contributed by atoms with E-state index in [9.17, 15) is 4.79 Å². The third kappa shape index (κ3) is 4.54. The highest BCUT2D eigenvalue weighted by molar-refractivity contribution is 6.36. The maximum absolute atomic E-state index is 11.6. The van der Waals surface area contributed by atoms with E-state index in [2.05, 4.69) is 5.32 Å². The summed E-state index contributed by atoms with van der Waals surface area (Å²) in [5, 5.41) is 12.5. The highest BCUT2D eigenvalue weighted by Crippen LogP contribution is 2.24. The van der Waals surface area contributed by atoms with Gasteiger partial charge in [0.1, 0.15) is 0 Å². The van der Waals surface area contributed by atoms with Crippen LogP contribution in [0.2, 0.25) is 10.0 Å². The summed E-state index contributed by atoms with van der Waals surface area (Å²) in [6.07, 6.45) is 0.149. The summed E-state index contributed by atoms with van der Waals surface area (Å²) in [5.41, 5.74) is 0.630. The molecule has 1 aromatic rings. The van der Waals surface area contributed by atoms with Crippen molar-refractivity contribution in [2.24, 2.45) is 5.92 Å². The van der Waals surface area contributed by atoms with Gasteiger partial charge in [-0.25, -0.2) is 0 Å². The molecule has 0 heterocycles. The monoisotopic (exact) mass is 275 g/mol. The van der Waals surface area contributed by atoms with Crippen LogP contribution in [0.3, 0.4) is 0 Å². The molecule has 0 aromatic heterocycles. The Hall–Kier alpha value is -0.770. The third-order valence-corrected chi connectivity index (χ3v) is 3.07. The van der Waals surface area contributed by atoms with Crippen LogP contribution in [0, 0.1) is 5.92 Å². The van der Waals surface area contributed by atoms with Crippen LogP contribution < -0.4 is 5.32 Å². The normalized spacial score (nSPS) is 12.2. The first-order chi connectivity index (χ1) is 8.04. The minimum atomic E-state index is -0.152. The number of carbonyl (C=O) groups is 1. The summed E-state index contributed by atoms with van der Waals surface area (Å²) < 4.78 is 0. The van der Waals surface area contributed by atoms with E-state index in [-0.39, 0.29) is 24.9 Å². The van der Waals surface area contributed by atoms with Gasteiger partial charge in [0.25, 0.3) is 0 Å². The molecule has 0 fully saturated rings. The first-order valence-corrected chi connectivity index (χ1v) is 6.10. The molecule has 0 aliphatic rings. The van der Waals surface area contributed by atoms with E-state index in [4.69, 9.17) is 28.3 Å². The number of halogens is 2. The van der Waals surface area contributed by atoms with Gasteiger partial charge in [-0.15, -0.1) is 0 Å². The van der Waals surface area contributed by atoms with E-state index < -0.39 is 0 Å². The Labute approximate surface area is 111 Å². The Bertz CT molecular complexity index is 376. The molecule has 0 saturated carbocycles. The Morgan fingerprint density at radius 3 is 2.53 bits per heavy atom. The minimum absolute atomic E-state index is 0.0423. The average molecular weight is 276 g/mol. The molecule has 5 heteroatoms. The fourth-order valence-electron chi connectivity index (χ4n) is 1.28. The molecule has 0 aliphatic heterocycles. The molecule has 1 rings (SSSR count). The predicted molar refractivity (Wildman–Crippen MR) is 69.4 cm³/mol. The van der Waals surface area contributed by atoms with E-state index in [0.29, 0.717) is 22.2 Å². The number of benzene rings is 1. The molecule has 3 nitrogen and oxygen atoms in total. The van der Waals surface area contributed by atoms with Crippen LogP contribution in [-0.2, 0) is 11.2 Å². The van der Waals surface area contributed by atoms with Gasteiger partial charge in [0.05, 0.1) is 6.42 Å². The molecule has 0 spiro atoms. The van der Waals surface area contributed by atoms with E-state index in [1.54, 1.807) is 18.2 Å². The zero-order chi connectivity index (χ0) is 12.8. The van der Waals surface area contributed by atoms with Crippen molar-refractivity contribution >= 4 is 29.1 Å². The molecule has 94 valence electrons. The van der Waals surface area contributed by atoms with Crippen molar-refractivity contribution in [3.05, 3.63) is 33.8 Å². The van der Waals surface area contributed by atoms with Gasteiger partial charge in [-0.3, -0.25) is 4.79 Å². The molecule has 1 atom stereocenters. The average Bonchev–Trinajstić information content (AvgIpc) is 2.31. The van der Waals surface area contributed by atoms with Gasteiger partial charge in [0.2, 0.25) is 5.91 Å². The number of aliphatic hydroxyl groups excluding tert-OH is 1. The highest BCUT2D eigenvalue weighted by Gasteiger charge is 2.11. The summed E-state index contributed by atoms with van der Waals surface area (Å²) in [7, 11) is 0. The van der Waals surface area contributed by atoms with Crippen LogP contribution in [0.4, 0.5) is 0 Å². The summed E-state index contributed by atoms with van der Waals surface area (Å²) in [4.78, 5) is 11.6. The Morgan fingerprint density at radius 2 is 2.00 bits per heavy atom. The van der Waals surface area contributed by atoms with Crippen molar-refractivity contribution in [2.75, 3.05) is 13.2 Å². The van der Waals surface area contributed by atoms with Crippen LogP contribution in [0.15, 0.2) is 18.2 Å². The molecule has 0 aliphatic carbocycles. The van der Waals surface area contributed by atoms with Gasteiger partial charge in [-0.1, -0.05) is 36.2 Å². The lowest BCUT2D eigenvalue weighted by Crippen LogP contribution is -2.30. The van der Waals surface area contributed by atoms with Crippen molar-refractivity contribution < 1.29 is 9.90 Å². The van der Waals surface area contributed by atoms with Crippen LogP contribution >= 0.6 is 23.2 Å². The van der Waals surface area contributed by atoms with Crippen molar-refractivity contribution in [2.45, 2.75) is 13.3 Å². The lowest BCUT2D eigenvalue weighted by Gasteiger charge is -2.11. The van der Waals surface area contributed by atoms with Crippen molar-refractivity contribution in [3.8, 4) is 0 Å². The quantitative estimate of drug-likeness (QED) is 0.866. The topological polar surface area (TPSA) is 49.3 Å². The standard InChI is InChI=1S/C12H15Cl2NO2/c1-8(7-16)6-15-12(17)5-9-10(13)3-2-4-11(9)14/h2-4,8,16H,5-7H2,1H3,(H,15,17). The zero-order valence-electron chi connectivity index (χ0n) is 9.54. The van der Waals surface area contributed by atoms with Gasteiger partial charge in [-0.05, 0) is 23.6 Å².